The molecule has 2 aliphatic rings. The molecule has 4 atom stereocenters. The molecule has 0 unspecified atom stereocenters. The molecular formula is C16H21NO6. The van der Waals surface area contributed by atoms with Crippen molar-refractivity contribution in [2.45, 2.75) is 43.7 Å². The van der Waals surface area contributed by atoms with E-state index in [1.165, 1.54) is 0 Å². The maximum atomic E-state index is 12.2. The molecule has 2 fully saturated rings. The van der Waals surface area contributed by atoms with Gasteiger partial charge in [-0.05, 0) is 26.0 Å². The molecule has 1 aromatic carbocycles. The number of aliphatic hydroxyl groups excluding tert-OH is 1. The number of hydrogen-bond acceptors (Lipinski definition) is 6. The van der Waals surface area contributed by atoms with E-state index in [9.17, 15) is 15.0 Å². The lowest BCUT2D eigenvalue weighted by molar-refractivity contribution is -0.232. The van der Waals surface area contributed by atoms with Gasteiger partial charge in [-0.3, -0.25) is 4.79 Å². The van der Waals surface area contributed by atoms with Gasteiger partial charge in [0.1, 0.15) is 17.8 Å². The van der Waals surface area contributed by atoms with E-state index in [0.717, 1.165) is 0 Å². The number of carbonyl (C=O) groups is 1. The molecule has 0 spiro atoms. The fourth-order valence-electron chi connectivity index (χ4n) is 2.96. The topological polar surface area (TPSA) is 97.3 Å². The van der Waals surface area contributed by atoms with Crippen molar-refractivity contribution in [3.63, 3.8) is 0 Å². The molecule has 0 radical (unpaired) electrons. The van der Waals surface area contributed by atoms with Crippen LogP contribution in [0.1, 0.15) is 24.2 Å². The van der Waals surface area contributed by atoms with Crippen molar-refractivity contribution in [3.05, 3.63) is 35.9 Å². The van der Waals surface area contributed by atoms with Crippen molar-refractivity contribution >= 4 is 5.91 Å². The zero-order valence-electron chi connectivity index (χ0n) is 13.1. The summed E-state index contributed by atoms with van der Waals surface area (Å²) in [5.41, 5.74) is -1.09. The Labute approximate surface area is 134 Å². The summed E-state index contributed by atoms with van der Waals surface area (Å²) < 4.78 is 16.8. The minimum absolute atomic E-state index is 0.118. The Morgan fingerprint density at radius 2 is 1.96 bits per heavy atom. The van der Waals surface area contributed by atoms with Crippen LogP contribution in [-0.2, 0) is 14.2 Å². The van der Waals surface area contributed by atoms with Crippen molar-refractivity contribution in [1.29, 1.82) is 0 Å². The first-order chi connectivity index (χ1) is 10.9. The van der Waals surface area contributed by atoms with Crippen LogP contribution in [0, 0.1) is 0 Å². The Morgan fingerprint density at radius 1 is 1.26 bits per heavy atom. The molecule has 2 heterocycles. The molecule has 0 aliphatic carbocycles. The number of hydrogen-bond donors (Lipinski definition) is 3. The molecule has 2 aliphatic heterocycles. The second-order valence-electron chi connectivity index (χ2n) is 6.27. The van der Waals surface area contributed by atoms with Crippen LogP contribution in [0.25, 0.3) is 0 Å². The molecular weight excluding hydrogens is 302 g/mol. The molecule has 1 aromatic rings. The van der Waals surface area contributed by atoms with Gasteiger partial charge in [-0.1, -0.05) is 18.2 Å². The maximum absolute atomic E-state index is 12.2. The zero-order valence-corrected chi connectivity index (χ0v) is 13.1. The van der Waals surface area contributed by atoms with E-state index in [0.29, 0.717) is 5.56 Å². The summed E-state index contributed by atoms with van der Waals surface area (Å²) in [5, 5.41) is 23.1. The summed E-state index contributed by atoms with van der Waals surface area (Å²) in [6.45, 7) is 2.90. The largest absolute Gasteiger partial charge is 0.394 e. The summed E-state index contributed by atoms with van der Waals surface area (Å²) >= 11 is 0. The number of benzene rings is 1. The Morgan fingerprint density at radius 3 is 2.61 bits per heavy atom. The number of carbonyl (C=O) groups excluding carboxylic acids is 1. The van der Waals surface area contributed by atoms with Crippen LogP contribution >= 0.6 is 0 Å². The fraction of sp³-hybridized carbons (Fsp3) is 0.562. The first-order valence-corrected chi connectivity index (χ1v) is 7.53. The lowest BCUT2D eigenvalue weighted by Gasteiger charge is -2.32. The van der Waals surface area contributed by atoms with Crippen molar-refractivity contribution in [3.8, 4) is 0 Å². The molecule has 0 saturated carbocycles. The Hall–Kier alpha value is -1.51. The van der Waals surface area contributed by atoms with Crippen molar-refractivity contribution in [2.24, 2.45) is 0 Å². The third-order valence-corrected chi connectivity index (χ3v) is 4.14. The first kappa shape index (κ1) is 16.4. The molecule has 1 amide bonds. The van der Waals surface area contributed by atoms with Crippen molar-refractivity contribution in [1.82, 2.24) is 5.32 Å². The molecule has 7 nitrogen and oxygen atoms in total. The van der Waals surface area contributed by atoms with Crippen LogP contribution in [0.3, 0.4) is 0 Å². The standard InChI is InChI=1S/C16H21NO6/c1-15(2)22-12-14(23-15)21-11(8-18)16(12,20)9-17-13(19)10-6-4-3-5-7-10/h3-7,11-12,14,18,20H,8-9H2,1-2H3,(H,17,19)/t11-,12+,14-,16-/m1/s1. The Kier molecular flexibility index (Phi) is 4.16. The number of nitrogens with one attached hydrogen (secondary N) is 1. The van der Waals surface area contributed by atoms with Gasteiger partial charge in [0.05, 0.1) is 13.2 Å². The molecule has 3 N–H and O–H groups in total. The normalized spacial score (nSPS) is 35.0. The van der Waals surface area contributed by atoms with Gasteiger partial charge in [0, 0.05) is 5.56 Å². The molecule has 0 aromatic heterocycles. The summed E-state index contributed by atoms with van der Waals surface area (Å²) in [6.07, 6.45) is -2.46. The van der Waals surface area contributed by atoms with Gasteiger partial charge in [0.25, 0.3) is 5.91 Å². The molecule has 23 heavy (non-hydrogen) atoms. The number of ether oxygens (including phenoxy) is 3. The summed E-state index contributed by atoms with van der Waals surface area (Å²) in [4.78, 5) is 12.2. The monoisotopic (exact) mass is 323 g/mol. The minimum atomic E-state index is -1.57. The number of fused-ring (bicyclic) bond motifs is 1. The van der Waals surface area contributed by atoms with Gasteiger partial charge in [-0.15, -0.1) is 0 Å². The number of aliphatic hydroxyl groups is 2. The highest BCUT2D eigenvalue weighted by molar-refractivity contribution is 5.94. The predicted octanol–water partition coefficient (Wildman–Crippen LogP) is 0.0162. The van der Waals surface area contributed by atoms with E-state index in [1.54, 1.807) is 38.1 Å². The first-order valence-electron chi connectivity index (χ1n) is 7.53. The van der Waals surface area contributed by atoms with Crippen LogP contribution in [0.15, 0.2) is 30.3 Å². The van der Waals surface area contributed by atoms with E-state index < -0.39 is 36.5 Å². The number of amides is 1. The Balaban J connectivity index is 1.72. The van der Waals surface area contributed by atoms with E-state index in [-0.39, 0.29) is 12.5 Å². The third-order valence-electron chi connectivity index (χ3n) is 4.14. The average molecular weight is 323 g/mol. The van der Waals surface area contributed by atoms with Gasteiger partial charge in [0.15, 0.2) is 12.1 Å². The minimum Gasteiger partial charge on any atom is -0.394 e. The van der Waals surface area contributed by atoms with Gasteiger partial charge in [0.2, 0.25) is 0 Å². The van der Waals surface area contributed by atoms with Gasteiger partial charge in [-0.25, -0.2) is 0 Å². The highest BCUT2D eigenvalue weighted by Crippen LogP contribution is 2.42. The molecule has 3 rings (SSSR count). The second kappa shape index (κ2) is 5.85. The quantitative estimate of drug-likeness (QED) is 0.722. The van der Waals surface area contributed by atoms with E-state index >= 15 is 0 Å². The van der Waals surface area contributed by atoms with Gasteiger partial charge in [-0.2, -0.15) is 0 Å². The second-order valence-corrected chi connectivity index (χ2v) is 6.27. The van der Waals surface area contributed by atoms with Crippen LogP contribution in [0.2, 0.25) is 0 Å². The lowest BCUT2D eigenvalue weighted by atomic mass is 9.92. The summed E-state index contributed by atoms with van der Waals surface area (Å²) in [7, 11) is 0. The van der Waals surface area contributed by atoms with Crippen LogP contribution in [0.5, 0.6) is 0 Å². The molecule has 7 heteroatoms. The van der Waals surface area contributed by atoms with Gasteiger partial charge >= 0.3 is 0 Å². The van der Waals surface area contributed by atoms with E-state index in [1.807, 2.05) is 6.07 Å². The zero-order chi connectivity index (χ0) is 16.7. The fourth-order valence-corrected chi connectivity index (χ4v) is 2.96. The average Bonchev–Trinajstić information content (AvgIpc) is 2.97. The van der Waals surface area contributed by atoms with Crippen molar-refractivity contribution in [2.75, 3.05) is 13.2 Å². The van der Waals surface area contributed by atoms with E-state index in [2.05, 4.69) is 5.32 Å². The van der Waals surface area contributed by atoms with Crippen molar-refractivity contribution < 1.29 is 29.2 Å². The number of rotatable bonds is 4. The predicted molar refractivity (Wildman–Crippen MR) is 79.5 cm³/mol. The smallest absolute Gasteiger partial charge is 0.251 e. The molecule has 2 saturated heterocycles. The summed E-state index contributed by atoms with van der Waals surface area (Å²) in [5.74, 6) is -1.22. The highest BCUT2D eigenvalue weighted by Gasteiger charge is 2.62. The van der Waals surface area contributed by atoms with E-state index in [4.69, 9.17) is 14.2 Å². The van der Waals surface area contributed by atoms with Crippen LogP contribution < -0.4 is 5.32 Å². The highest BCUT2D eigenvalue weighted by atomic mass is 16.8. The molecule has 126 valence electrons. The SMILES string of the molecule is CC1(C)O[C@H]2O[C@H](CO)[C@](O)(CNC(=O)c3ccccc3)[C@H]2O1. The summed E-state index contributed by atoms with van der Waals surface area (Å²) in [6, 6.07) is 8.67. The van der Waals surface area contributed by atoms with Gasteiger partial charge < -0.3 is 29.7 Å². The Bertz CT molecular complexity index is 577. The lowest BCUT2D eigenvalue weighted by Crippen LogP contribution is -2.57. The van der Waals surface area contributed by atoms with Crippen LogP contribution in [0.4, 0.5) is 0 Å². The maximum Gasteiger partial charge on any atom is 0.251 e. The third kappa shape index (κ3) is 2.98. The molecule has 0 bridgehead atoms. The van der Waals surface area contributed by atoms with Crippen LogP contribution in [-0.4, -0.2) is 59.2 Å².